The lowest BCUT2D eigenvalue weighted by Gasteiger charge is -2.33. The van der Waals surface area contributed by atoms with Gasteiger partial charge in [0, 0.05) is 32.7 Å². The van der Waals surface area contributed by atoms with Crippen LogP contribution in [0.3, 0.4) is 0 Å². The number of carbonyl (C=O) groups is 1. The summed E-state index contributed by atoms with van der Waals surface area (Å²) in [6, 6.07) is 3.78. The summed E-state index contributed by atoms with van der Waals surface area (Å²) < 4.78 is 26.3. The van der Waals surface area contributed by atoms with Gasteiger partial charge in [-0.25, -0.2) is 8.78 Å². The Morgan fingerprint density at radius 2 is 1.91 bits per heavy atom. The number of hydrogen-bond acceptors (Lipinski definition) is 3. The number of likely N-dealkylation sites (N-methyl/N-ethyl adjacent to an activating group) is 1. The Hall–Kier alpha value is -1.24. The molecule has 0 atom stereocenters. The van der Waals surface area contributed by atoms with Crippen LogP contribution >= 0.6 is 12.4 Å². The zero-order valence-corrected chi connectivity index (χ0v) is 13.6. The third kappa shape index (κ3) is 4.90. The summed E-state index contributed by atoms with van der Waals surface area (Å²) in [6.45, 7) is 2.99. The minimum Gasteiger partial charge on any atom is -0.337 e. The summed E-state index contributed by atoms with van der Waals surface area (Å²) in [5.74, 6) is -1.68. The van der Waals surface area contributed by atoms with Gasteiger partial charge < -0.3 is 15.1 Å². The van der Waals surface area contributed by atoms with Crippen molar-refractivity contribution in [1.82, 2.24) is 15.1 Å². The second-order valence-electron chi connectivity index (χ2n) is 5.67. The number of amides is 1. The molecule has 1 heterocycles. The van der Waals surface area contributed by atoms with Crippen molar-refractivity contribution in [2.45, 2.75) is 6.54 Å². The minimum atomic E-state index is -0.877. The van der Waals surface area contributed by atoms with Crippen molar-refractivity contribution in [2.24, 2.45) is 5.92 Å². The number of nitrogens with zero attached hydrogens (tertiary/aromatic N) is 2. The van der Waals surface area contributed by atoms with Gasteiger partial charge in [-0.1, -0.05) is 6.07 Å². The predicted molar refractivity (Wildman–Crippen MR) is 83.9 cm³/mol. The van der Waals surface area contributed by atoms with Crippen molar-refractivity contribution in [1.29, 1.82) is 0 Å². The van der Waals surface area contributed by atoms with E-state index in [1.54, 1.807) is 4.90 Å². The zero-order valence-electron chi connectivity index (χ0n) is 12.8. The van der Waals surface area contributed by atoms with Crippen molar-refractivity contribution in [3.05, 3.63) is 35.4 Å². The number of nitrogens with one attached hydrogen (secondary N) is 1. The molecular weight excluding hydrogens is 312 g/mol. The van der Waals surface area contributed by atoms with E-state index in [0.29, 0.717) is 31.7 Å². The molecule has 0 radical (unpaired) electrons. The van der Waals surface area contributed by atoms with Crippen LogP contribution in [0.1, 0.15) is 5.56 Å². The smallest absolute Gasteiger partial charge is 0.228 e. The highest BCUT2D eigenvalue weighted by Gasteiger charge is 2.29. The Bertz CT molecular complexity index is 510. The molecule has 0 aliphatic carbocycles. The molecule has 1 aliphatic heterocycles. The van der Waals surface area contributed by atoms with Crippen LogP contribution in [0.5, 0.6) is 0 Å². The quantitative estimate of drug-likeness (QED) is 0.857. The molecule has 22 heavy (non-hydrogen) atoms. The molecule has 1 fully saturated rings. The highest BCUT2D eigenvalue weighted by molar-refractivity contribution is 5.85. The lowest BCUT2D eigenvalue weighted by Crippen LogP contribution is -2.52. The fourth-order valence-corrected chi connectivity index (χ4v) is 2.17. The Morgan fingerprint density at radius 1 is 1.23 bits per heavy atom. The van der Waals surface area contributed by atoms with Crippen LogP contribution in [-0.2, 0) is 11.3 Å². The van der Waals surface area contributed by atoms with Crippen molar-refractivity contribution >= 4 is 18.3 Å². The summed E-state index contributed by atoms with van der Waals surface area (Å²) in [7, 11) is 3.87. The fraction of sp³-hybridized carbons (Fsp3) is 0.533. The van der Waals surface area contributed by atoms with Crippen LogP contribution in [0.15, 0.2) is 18.2 Å². The third-order valence-electron chi connectivity index (χ3n) is 3.62. The summed E-state index contributed by atoms with van der Waals surface area (Å²) in [4.78, 5) is 16.1. The number of halogens is 3. The highest BCUT2D eigenvalue weighted by Crippen LogP contribution is 2.14. The first-order chi connectivity index (χ1) is 9.97. The van der Waals surface area contributed by atoms with E-state index in [9.17, 15) is 13.6 Å². The molecule has 0 saturated carbocycles. The largest absolute Gasteiger partial charge is 0.337 e. The topological polar surface area (TPSA) is 35.6 Å². The van der Waals surface area contributed by atoms with Gasteiger partial charge in [0.1, 0.15) is 0 Å². The van der Waals surface area contributed by atoms with Crippen molar-refractivity contribution in [2.75, 3.05) is 40.3 Å². The van der Waals surface area contributed by atoms with Gasteiger partial charge in [0.15, 0.2) is 11.6 Å². The van der Waals surface area contributed by atoms with Gasteiger partial charge in [0.05, 0.1) is 5.92 Å². The SMILES string of the molecule is CN(C)CCN(Cc1ccc(F)c(F)c1)C(=O)C1CNC1.Cl. The maximum Gasteiger partial charge on any atom is 0.228 e. The molecule has 7 heteroatoms. The molecule has 1 N–H and O–H groups in total. The maximum absolute atomic E-state index is 13.3. The Kier molecular flexibility index (Phi) is 7.19. The van der Waals surface area contributed by atoms with Gasteiger partial charge in [0.2, 0.25) is 5.91 Å². The standard InChI is InChI=1S/C15H21F2N3O.ClH/c1-19(2)5-6-20(15(21)12-8-18-9-12)10-11-3-4-13(16)14(17)7-11;/h3-4,7,12,18H,5-6,8-10H2,1-2H3;1H. The zero-order chi connectivity index (χ0) is 15.4. The van der Waals surface area contributed by atoms with Crippen molar-refractivity contribution in [3.63, 3.8) is 0 Å². The molecular formula is C15H22ClF2N3O. The fourth-order valence-electron chi connectivity index (χ4n) is 2.17. The number of carbonyl (C=O) groups excluding carboxylic acids is 1. The normalized spacial score (nSPS) is 14.4. The Labute approximate surface area is 135 Å². The summed E-state index contributed by atoms with van der Waals surface area (Å²) in [5, 5.41) is 3.07. The predicted octanol–water partition coefficient (Wildman–Crippen LogP) is 1.50. The summed E-state index contributed by atoms with van der Waals surface area (Å²) in [6.07, 6.45) is 0. The van der Waals surface area contributed by atoms with E-state index in [1.807, 2.05) is 19.0 Å². The first-order valence-electron chi connectivity index (χ1n) is 7.05. The van der Waals surface area contributed by atoms with Crippen LogP contribution in [0, 0.1) is 17.6 Å². The minimum absolute atomic E-state index is 0. The van der Waals surface area contributed by atoms with E-state index in [-0.39, 0.29) is 24.2 Å². The van der Waals surface area contributed by atoms with Gasteiger partial charge in [0.25, 0.3) is 0 Å². The number of rotatable bonds is 6. The van der Waals surface area contributed by atoms with Crippen LogP contribution < -0.4 is 5.32 Å². The first kappa shape index (κ1) is 18.8. The van der Waals surface area contributed by atoms with E-state index in [4.69, 9.17) is 0 Å². The molecule has 124 valence electrons. The lowest BCUT2D eigenvalue weighted by molar-refractivity contribution is -0.137. The number of benzene rings is 1. The van der Waals surface area contributed by atoms with Crippen molar-refractivity contribution in [3.8, 4) is 0 Å². The van der Waals surface area contributed by atoms with E-state index in [1.165, 1.54) is 6.07 Å². The van der Waals surface area contributed by atoms with Crippen LogP contribution in [0.4, 0.5) is 8.78 Å². The van der Waals surface area contributed by atoms with Gasteiger partial charge in [-0.2, -0.15) is 0 Å². The molecule has 1 aromatic carbocycles. The monoisotopic (exact) mass is 333 g/mol. The van der Waals surface area contributed by atoms with Gasteiger partial charge >= 0.3 is 0 Å². The molecule has 2 rings (SSSR count). The molecule has 0 bridgehead atoms. The molecule has 0 aromatic heterocycles. The van der Waals surface area contributed by atoms with E-state index in [0.717, 1.165) is 18.7 Å². The molecule has 1 saturated heterocycles. The molecule has 0 spiro atoms. The van der Waals surface area contributed by atoms with E-state index < -0.39 is 11.6 Å². The van der Waals surface area contributed by atoms with Crippen LogP contribution in [0.2, 0.25) is 0 Å². The summed E-state index contributed by atoms with van der Waals surface area (Å²) >= 11 is 0. The molecule has 1 aromatic rings. The molecule has 0 unspecified atom stereocenters. The van der Waals surface area contributed by atoms with E-state index >= 15 is 0 Å². The van der Waals surface area contributed by atoms with Gasteiger partial charge in [-0.3, -0.25) is 4.79 Å². The lowest BCUT2D eigenvalue weighted by atomic mass is 10.0. The average molecular weight is 334 g/mol. The molecule has 1 amide bonds. The average Bonchev–Trinajstić information content (AvgIpc) is 2.36. The maximum atomic E-state index is 13.3. The Balaban J connectivity index is 0.00000242. The molecule has 1 aliphatic rings. The van der Waals surface area contributed by atoms with Crippen LogP contribution in [-0.4, -0.2) is 56.0 Å². The Morgan fingerprint density at radius 3 is 2.41 bits per heavy atom. The second kappa shape index (κ2) is 8.41. The third-order valence-corrected chi connectivity index (χ3v) is 3.62. The van der Waals surface area contributed by atoms with E-state index in [2.05, 4.69) is 5.32 Å². The first-order valence-corrected chi connectivity index (χ1v) is 7.05. The van der Waals surface area contributed by atoms with Gasteiger partial charge in [-0.05, 0) is 31.8 Å². The molecule has 4 nitrogen and oxygen atoms in total. The second-order valence-corrected chi connectivity index (χ2v) is 5.67. The summed E-state index contributed by atoms with van der Waals surface area (Å²) in [5.41, 5.74) is 0.605. The highest BCUT2D eigenvalue weighted by atomic mass is 35.5. The van der Waals surface area contributed by atoms with Crippen LogP contribution in [0.25, 0.3) is 0 Å². The van der Waals surface area contributed by atoms with Crippen molar-refractivity contribution < 1.29 is 13.6 Å². The van der Waals surface area contributed by atoms with Gasteiger partial charge in [-0.15, -0.1) is 12.4 Å². The number of hydrogen-bond donors (Lipinski definition) is 1.